The Morgan fingerprint density at radius 2 is 1.75 bits per heavy atom. The smallest absolute Gasteiger partial charge is 0.247 e. The number of ether oxygens (including phenoxy) is 3. The van der Waals surface area contributed by atoms with E-state index < -0.39 is 12.1 Å². The first-order chi connectivity index (χ1) is 23.1. The van der Waals surface area contributed by atoms with Gasteiger partial charge in [0.15, 0.2) is 11.5 Å². The highest BCUT2D eigenvalue weighted by Gasteiger charge is 2.31. The molecule has 1 aromatic heterocycles. The largest absolute Gasteiger partial charge is 0.493 e. The summed E-state index contributed by atoms with van der Waals surface area (Å²) in [5.74, 6) is 1.06. The lowest BCUT2D eigenvalue weighted by atomic mass is 9.95. The van der Waals surface area contributed by atoms with Crippen molar-refractivity contribution >= 4 is 23.2 Å². The molecule has 0 spiro atoms. The number of aryl methyl sites for hydroxylation is 2. The molecule has 252 valence electrons. The van der Waals surface area contributed by atoms with E-state index in [4.69, 9.17) is 14.2 Å². The van der Waals surface area contributed by atoms with Crippen molar-refractivity contribution in [3.05, 3.63) is 69.9 Å². The molecule has 1 aliphatic rings. The third-order valence-corrected chi connectivity index (χ3v) is 8.66. The Morgan fingerprint density at radius 1 is 1.00 bits per heavy atom. The lowest BCUT2D eigenvalue weighted by Gasteiger charge is -2.24. The van der Waals surface area contributed by atoms with E-state index in [-0.39, 0.29) is 28.8 Å². The van der Waals surface area contributed by atoms with Gasteiger partial charge in [0.05, 0.1) is 45.8 Å². The number of rotatable bonds is 11. The van der Waals surface area contributed by atoms with Gasteiger partial charge < -0.3 is 30.2 Å². The number of anilines is 2. The number of fused-ring (bicyclic) bond motifs is 3. The van der Waals surface area contributed by atoms with E-state index in [0.717, 1.165) is 11.1 Å². The van der Waals surface area contributed by atoms with E-state index in [1.807, 2.05) is 38.1 Å². The average molecular weight is 656 g/mol. The van der Waals surface area contributed by atoms with E-state index in [9.17, 15) is 14.4 Å². The zero-order valence-electron chi connectivity index (χ0n) is 28.2. The van der Waals surface area contributed by atoms with Crippen LogP contribution in [0.2, 0.25) is 0 Å². The minimum absolute atomic E-state index is 0.154. The zero-order valence-corrected chi connectivity index (χ0v) is 28.2. The zero-order chi connectivity index (χ0) is 34.5. The summed E-state index contributed by atoms with van der Waals surface area (Å²) in [6.07, 6.45) is 1.78. The van der Waals surface area contributed by atoms with E-state index >= 15 is 0 Å². The molecule has 0 unspecified atom stereocenters. The van der Waals surface area contributed by atoms with Crippen molar-refractivity contribution in [1.82, 2.24) is 25.5 Å². The molecule has 3 N–H and O–H groups in total. The second-order valence-electron chi connectivity index (χ2n) is 11.7. The lowest BCUT2D eigenvalue weighted by Crippen LogP contribution is -2.40. The fraction of sp³-hybridized carbons (Fsp3) is 0.371. The van der Waals surface area contributed by atoms with Crippen LogP contribution in [0, 0.1) is 5.92 Å². The van der Waals surface area contributed by atoms with Gasteiger partial charge >= 0.3 is 0 Å². The van der Waals surface area contributed by atoms with Crippen LogP contribution in [-0.4, -0.2) is 59.4 Å². The average Bonchev–Trinajstić information content (AvgIpc) is 3.38. The molecule has 0 saturated carbocycles. The number of nitrogens with one attached hydrogen (secondary N) is 3. The summed E-state index contributed by atoms with van der Waals surface area (Å²) >= 11 is 0. The molecule has 0 saturated heterocycles. The lowest BCUT2D eigenvalue weighted by molar-refractivity contribution is -0.120. The maximum atomic E-state index is 14.0. The number of methoxy groups -OCH3 is 3. The van der Waals surface area contributed by atoms with Gasteiger partial charge in [-0.05, 0) is 71.0 Å². The summed E-state index contributed by atoms with van der Waals surface area (Å²) in [5, 5.41) is 21.6. The number of carbonyl (C=O) groups is 2. The number of hydrogen-bond acceptors (Lipinski definition) is 10. The van der Waals surface area contributed by atoms with Gasteiger partial charge in [-0.15, -0.1) is 10.2 Å². The summed E-state index contributed by atoms with van der Waals surface area (Å²) in [4.78, 5) is 41.6. The Balaban J connectivity index is 1.59. The Hall–Kier alpha value is -5.46. The first kappa shape index (κ1) is 33.9. The van der Waals surface area contributed by atoms with Gasteiger partial charge in [-0.25, -0.2) is 0 Å². The monoisotopic (exact) mass is 655 g/mol. The molecule has 5 rings (SSSR count). The van der Waals surface area contributed by atoms with Crippen molar-refractivity contribution in [3.63, 3.8) is 0 Å². The molecule has 0 bridgehead atoms. The molecule has 3 aromatic carbocycles. The number of amides is 2. The van der Waals surface area contributed by atoms with Crippen LogP contribution in [0.4, 0.5) is 11.4 Å². The van der Waals surface area contributed by atoms with Crippen molar-refractivity contribution in [2.45, 2.75) is 52.1 Å². The Morgan fingerprint density at radius 3 is 2.40 bits per heavy atom. The highest BCUT2D eigenvalue weighted by atomic mass is 16.5. The van der Waals surface area contributed by atoms with Crippen LogP contribution in [0.25, 0.3) is 22.5 Å². The Labute approximate surface area is 279 Å². The fourth-order valence-electron chi connectivity index (χ4n) is 6.09. The number of nitrogens with zero attached hydrogens (tertiary/aromatic N) is 4. The molecule has 48 heavy (non-hydrogen) atoms. The minimum atomic E-state index is -0.773. The molecular formula is C35H41N7O6. The summed E-state index contributed by atoms with van der Waals surface area (Å²) < 4.78 is 17.2. The summed E-state index contributed by atoms with van der Waals surface area (Å²) in [5.41, 5.74) is 4.01. The van der Waals surface area contributed by atoms with Crippen LogP contribution in [0.3, 0.4) is 0 Å². The highest BCUT2D eigenvalue weighted by Crippen LogP contribution is 2.50. The van der Waals surface area contributed by atoms with Gasteiger partial charge in [-0.2, -0.15) is 4.80 Å². The third kappa shape index (κ3) is 6.80. The summed E-state index contributed by atoms with van der Waals surface area (Å²) in [6, 6.07) is 12.9. The minimum Gasteiger partial charge on any atom is -0.493 e. The van der Waals surface area contributed by atoms with Gasteiger partial charge in [0, 0.05) is 18.1 Å². The predicted octanol–water partition coefficient (Wildman–Crippen LogP) is 4.52. The van der Waals surface area contributed by atoms with Crippen LogP contribution >= 0.6 is 0 Å². The fourth-order valence-corrected chi connectivity index (χ4v) is 6.09. The number of aromatic nitrogens is 4. The highest BCUT2D eigenvalue weighted by molar-refractivity contribution is 5.99. The molecule has 0 fully saturated rings. The number of hydrogen-bond donors (Lipinski definition) is 3. The van der Waals surface area contributed by atoms with Gasteiger partial charge in [0.25, 0.3) is 0 Å². The second kappa shape index (κ2) is 14.5. The van der Waals surface area contributed by atoms with Gasteiger partial charge in [0.2, 0.25) is 28.8 Å². The molecule has 2 amide bonds. The number of benzene rings is 2. The molecule has 4 aromatic rings. The molecule has 1 aliphatic carbocycles. The van der Waals surface area contributed by atoms with Crippen molar-refractivity contribution < 1.29 is 23.8 Å². The topological polar surface area (TPSA) is 159 Å². The normalized spacial score (nSPS) is 14.8. The summed E-state index contributed by atoms with van der Waals surface area (Å²) in [7, 11) is 6.32. The van der Waals surface area contributed by atoms with E-state index in [0.29, 0.717) is 64.7 Å². The van der Waals surface area contributed by atoms with E-state index in [2.05, 4.69) is 31.4 Å². The molecule has 0 radical (unpaired) electrons. The van der Waals surface area contributed by atoms with Crippen molar-refractivity contribution in [1.29, 1.82) is 0 Å². The van der Waals surface area contributed by atoms with Crippen LogP contribution < -0.4 is 35.6 Å². The Kier molecular flexibility index (Phi) is 10.3. The number of para-hydroxylation sites is 1. The first-order valence-corrected chi connectivity index (χ1v) is 15.8. The van der Waals surface area contributed by atoms with Crippen LogP contribution in [0.15, 0.2) is 53.3 Å². The van der Waals surface area contributed by atoms with Crippen molar-refractivity contribution in [2.75, 3.05) is 32.0 Å². The van der Waals surface area contributed by atoms with Crippen molar-refractivity contribution in [3.8, 4) is 39.8 Å². The molecule has 13 nitrogen and oxygen atoms in total. The van der Waals surface area contributed by atoms with Gasteiger partial charge in [-0.1, -0.05) is 38.5 Å². The molecule has 3 atom stereocenters. The summed E-state index contributed by atoms with van der Waals surface area (Å²) in [6.45, 7) is 5.38. The number of carbonyl (C=O) groups excluding carboxylic acids is 2. The Bertz CT molecular complexity index is 1890. The van der Waals surface area contributed by atoms with Crippen LogP contribution in [0.1, 0.15) is 50.8 Å². The van der Waals surface area contributed by atoms with Gasteiger partial charge in [0.1, 0.15) is 6.04 Å². The maximum Gasteiger partial charge on any atom is 0.247 e. The third-order valence-electron chi connectivity index (χ3n) is 8.66. The molecule has 0 aliphatic heterocycles. The van der Waals surface area contributed by atoms with Crippen LogP contribution in [0.5, 0.6) is 17.2 Å². The molecular weight excluding hydrogens is 614 g/mol. The predicted molar refractivity (Wildman–Crippen MR) is 182 cm³/mol. The SMILES string of the molecule is CC[C@@H](C)[C@H](Nc1ccc2c(cc1=O)[C@@H](NC(C)=O)CCc1cc(OC)c(OC)c(OC)c1-2)C(=O)Nc1ccccc1-c1nnn(C)n1. The van der Waals surface area contributed by atoms with Crippen LogP contribution in [-0.2, 0) is 23.1 Å². The first-order valence-electron chi connectivity index (χ1n) is 15.8. The standard InChI is InChI=1S/C35H41N7O6/c1-8-19(2)31(35(45)38-25-12-10-9-11-23(25)34-39-41-42(4)40-34)37-27-16-14-22-24(18-28(27)44)26(36-20(3)43)15-13-21-17-29(46-5)32(47-6)33(48-7)30(21)22/h9-12,14,16-19,26,31H,8,13,15H2,1-7H3,(H,36,43)(H,37,44)(H,38,45)/t19-,26+,31+/m1/s1. The maximum absolute atomic E-state index is 14.0. The van der Waals surface area contributed by atoms with E-state index in [1.54, 1.807) is 39.5 Å². The van der Waals surface area contributed by atoms with Gasteiger partial charge in [-0.3, -0.25) is 14.4 Å². The molecule has 13 heteroatoms. The number of tetrazole rings is 1. The molecule has 1 heterocycles. The quantitative estimate of drug-likeness (QED) is 0.210. The van der Waals surface area contributed by atoms with E-state index in [1.165, 1.54) is 24.9 Å². The van der Waals surface area contributed by atoms with Crippen molar-refractivity contribution in [2.24, 2.45) is 13.0 Å². The second-order valence-corrected chi connectivity index (χ2v) is 11.7.